The van der Waals surface area contributed by atoms with Gasteiger partial charge < -0.3 is 4.90 Å². The summed E-state index contributed by atoms with van der Waals surface area (Å²) in [5, 5.41) is 8.95. The Balaban J connectivity index is 1.34. The molecule has 0 radical (unpaired) electrons. The van der Waals surface area contributed by atoms with Crippen molar-refractivity contribution in [2.24, 2.45) is 0 Å². The molecule has 2 aromatic heterocycles. The van der Waals surface area contributed by atoms with Crippen LogP contribution in [-0.2, 0) is 10.0 Å². The van der Waals surface area contributed by atoms with E-state index in [0.717, 1.165) is 11.4 Å². The molecule has 8 nitrogen and oxygen atoms in total. The van der Waals surface area contributed by atoms with Crippen molar-refractivity contribution in [1.82, 2.24) is 18.7 Å². The fourth-order valence-electron chi connectivity index (χ4n) is 4.01. The van der Waals surface area contributed by atoms with Crippen molar-refractivity contribution in [3.63, 3.8) is 0 Å². The zero-order valence-electron chi connectivity index (χ0n) is 18.2. The maximum atomic E-state index is 13.2. The van der Waals surface area contributed by atoms with E-state index in [1.54, 1.807) is 12.1 Å². The van der Waals surface area contributed by atoms with Crippen LogP contribution in [0.4, 0.5) is 10.2 Å². The fraction of sp³-hybridized carbons (Fsp3) is 0.208. The second-order valence-corrected chi connectivity index (χ2v) is 9.94. The number of hydrogen-bond donors (Lipinski definition) is 0. The average Bonchev–Trinajstić information content (AvgIpc) is 3.11. The Hall–Kier alpha value is -3.81. The minimum Gasteiger partial charge on any atom is -0.355 e. The maximum Gasteiger partial charge on any atom is 0.243 e. The molecule has 0 aliphatic carbocycles. The molecule has 3 heterocycles. The van der Waals surface area contributed by atoms with Gasteiger partial charge in [0.25, 0.3) is 0 Å². The first-order valence-corrected chi connectivity index (χ1v) is 12.2. The van der Waals surface area contributed by atoms with Gasteiger partial charge in [0.15, 0.2) is 0 Å². The van der Waals surface area contributed by atoms with E-state index in [1.807, 2.05) is 28.9 Å². The zero-order valence-corrected chi connectivity index (χ0v) is 19.0. The second kappa shape index (κ2) is 8.85. The lowest BCUT2D eigenvalue weighted by molar-refractivity contribution is 0.433. The Kier molecular flexibility index (Phi) is 5.73. The van der Waals surface area contributed by atoms with Crippen LogP contribution in [0.2, 0.25) is 0 Å². The molecular formula is C24H21FN6O2S. The molecule has 1 fully saturated rings. The monoisotopic (exact) mass is 476 g/mol. The highest BCUT2D eigenvalue weighted by Gasteiger charge is 2.27. The highest BCUT2D eigenvalue weighted by Crippen LogP contribution is 2.23. The van der Waals surface area contributed by atoms with Crippen molar-refractivity contribution >= 4 is 21.6 Å². The van der Waals surface area contributed by atoms with Gasteiger partial charge in [-0.2, -0.15) is 14.6 Å². The Bertz CT molecular complexity index is 1480. The molecule has 5 rings (SSSR count). The molecule has 0 atom stereocenters. The van der Waals surface area contributed by atoms with Gasteiger partial charge in [-0.15, -0.1) is 0 Å². The minimum atomic E-state index is -3.65. The van der Waals surface area contributed by atoms with Gasteiger partial charge in [-0.1, -0.05) is 0 Å². The Morgan fingerprint density at radius 1 is 0.912 bits per heavy atom. The molecule has 2 aromatic carbocycles. The first-order chi connectivity index (χ1) is 16.4. The smallest absolute Gasteiger partial charge is 0.243 e. The van der Waals surface area contributed by atoms with Crippen LogP contribution < -0.4 is 4.90 Å². The third-order valence-corrected chi connectivity index (χ3v) is 7.76. The van der Waals surface area contributed by atoms with Gasteiger partial charge in [0.1, 0.15) is 11.6 Å². The highest BCUT2D eigenvalue weighted by atomic mass is 32.2. The number of sulfonamides is 1. The van der Waals surface area contributed by atoms with Gasteiger partial charge in [0, 0.05) is 44.1 Å². The van der Waals surface area contributed by atoms with Gasteiger partial charge >= 0.3 is 0 Å². The summed E-state index contributed by atoms with van der Waals surface area (Å²) in [6.07, 6.45) is 4.36. The van der Waals surface area contributed by atoms with E-state index in [9.17, 15) is 12.8 Å². The summed E-state index contributed by atoms with van der Waals surface area (Å²) in [5.74, 6) is 0.939. The summed E-state index contributed by atoms with van der Waals surface area (Å²) >= 11 is 0. The van der Waals surface area contributed by atoms with Crippen LogP contribution in [0.25, 0.3) is 17.0 Å². The van der Waals surface area contributed by atoms with Gasteiger partial charge in [0.05, 0.1) is 22.2 Å². The normalized spacial score (nSPS) is 15.2. The summed E-state index contributed by atoms with van der Waals surface area (Å²) in [6.45, 7) is 1.88. The van der Waals surface area contributed by atoms with E-state index < -0.39 is 10.0 Å². The minimum absolute atomic E-state index is 0.185. The predicted octanol–water partition coefficient (Wildman–Crippen LogP) is 3.31. The zero-order chi connectivity index (χ0) is 23.7. The predicted molar refractivity (Wildman–Crippen MR) is 125 cm³/mol. The van der Waals surface area contributed by atoms with E-state index in [2.05, 4.69) is 14.9 Å². The summed E-state index contributed by atoms with van der Waals surface area (Å²) in [7, 11) is -3.65. The molecular weight excluding hydrogens is 455 g/mol. The Morgan fingerprint density at radius 3 is 2.41 bits per heavy atom. The molecule has 0 bridgehead atoms. The van der Waals surface area contributed by atoms with Crippen LogP contribution in [0.5, 0.6) is 0 Å². The van der Waals surface area contributed by atoms with Gasteiger partial charge in [-0.25, -0.2) is 17.8 Å². The number of benzene rings is 2. The van der Waals surface area contributed by atoms with Gasteiger partial charge in [-0.05, 0) is 61.0 Å². The number of hydrogen-bond acceptors (Lipinski definition) is 6. The third-order valence-electron chi connectivity index (χ3n) is 5.85. The van der Waals surface area contributed by atoms with E-state index in [4.69, 9.17) is 5.26 Å². The number of halogens is 1. The molecule has 0 saturated carbocycles. The Labute approximate surface area is 196 Å². The molecule has 0 spiro atoms. The standard InChI is InChI=1S/C24H21FN6O2S/c25-20-6-4-19(5-7-20)22-17-30-13-10-23(28-24(30)27-22)29-11-1-12-31(15-14-29)34(32,33)21-8-2-18(16-26)3-9-21/h2-10,13,17H,1,11-12,14-15H2. The van der Waals surface area contributed by atoms with E-state index in [1.165, 1.54) is 40.7 Å². The summed E-state index contributed by atoms with van der Waals surface area (Å²) in [5.41, 5.74) is 1.91. The number of imidazole rings is 1. The molecule has 1 aliphatic heterocycles. The van der Waals surface area contributed by atoms with E-state index >= 15 is 0 Å². The van der Waals surface area contributed by atoms with Crippen LogP contribution in [0.15, 0.2) is 71.9 Å². The lowest BCUT2D eigenvalue weighted by Gasteiger charge is -2.22. The number of anilines is 1. The first-order valence-electron chi connectivity index (χ1n) is 10.8. The molecule has 1 saturated heterocycles. The molecule has 4 aromatic rings. The largest absolute Gasteiger partial charge is 0.355 e. The van der Waals surface area contributed by atoms with Crippen molar-refractivity contribution in [3.05, 3.63) is 78.4 Å². The van der Waals surface area contributed by atoms with Crippen molar-refractivity contribution in [2.45, 2.75) is 11.3 Å². The molecule has 0 amide bonds. The quantitative estimate of drug-likeness (QED) is 0.449. The third kappa shape index (κ3) is 4.23. The van der Waals surface area contributed by atoms with Gasteiger partial charge in [-0.3, -0.25) is 4.40 Å². The summed E-state index contributed by atoms with van der Waals surface area (Å²) in [4.78, 5) is 11.5. The van der Waals surface area contributed by atoms with E-state index in [0.29, 0.717) is 49.6 Å². The van der Waals surface area contributed by atoms with Crippen LogP contribution >= 0.6 is 0 Å². The molecule has 10 heteroatoms. The number of nitriles is 1. The second-order valence-electron chi connectivity index (χ2n) is 8.01. The average molecular weight is 477 g/mol. The first kappa shape index (κ1) is 22.0. The number of fused-ring (bicyclic) bond motifs is 1. The van der Waals surface area contributed by atoms with Crippen LogP contribution in [0.1, 0.15) is 12.0 Å². The van der Waals surface area contributed by atoms with E-state index in [-0.39, 0.29) is 10.7 Å². The summed E-state index contributed by atoms with van der Waals surface area (Å²) < 4.78 is 42.7. The maximum absolute atomic E-state index is 13.2. The molecule has 172 valence electrons. The van der Waals surface area contributed by atoms with Gasteiger partial charge in [0.2, 0.25) is 15.8 Å². The number of aromatic nitrogens is 3. The highest BCUT2D eigenvalue weighted by molar-refractivity contribution is 7.89. The van der Waals surface area contributed by atoms with Crippen molar-refractivity contribution in [3.8, 4) is 17.3 Å². The molecule has 1 aliphatic rings. The van der Waals surface area contributed by atoms with Crippen LogP contribution in [0.3, 0.4) is 0 Å². The molecule has 0 unspecified atom stereocenters. The molecule has 0 N–H and O–H groups in total. The van der Waals surface area contributed by atoms with Crippen molar-refractivity contribution < 1.29 is 12.8 Å². The van der Waals surface area contributed by atoms with Crippen molar-refractivity contribution in [1.29, 1.82) is 5.26 Å². The number of rotatable bonds is 4. The summed E-state index contributed by atoms with van der Waals surface area (Å²) in [6, 6.07) is 16.0. The van der Waals surface area contributed by atoms with Crippen molar-refractivity contribution in [2.75, 3.05) is 31.1 Å². The van der Waals surface area contributed by atoms with Crippen LogP contribution in [-0.4, -0.2) is 53.3 Å². The Morgan fingerprint density at radius 2 is 1.68 bits per heavy atom. The van der Waals surface area contributed by atoms with Crippen LogP contribution in [0, 0.1) is 17.1 Å². The lowest BCUT2D eigenvalue weighted by Crippen LogP contribution is -2.35. The lowest BCUT2D eigenvalue weighted by atomic mass is 10.2. The fourth-order valence-corrected chi connectivity index (χ4v) is 5.48. The molecule has 34 heavy (non-hydrogen) atoms. The topological polar surface area (TPSA) is 94.6 Å². The number of nitrogens with zero attached hydrogens (tertiary/aromatic N) is 6. The SMILES string of the molecule is N#Cc1ccc(S(=O)(=O)N2CCCN(c3ccn4cc(-c5ccc(F)cc5)nc4n3)CC2)cc1.